The minimum absolute atomic E-state index is 0.0812. The summed E-state index contributed by atoms with van der Waals surface area (Å²) in [5, 5.41) is 15.7. The molecule has 1 amide bonds. The van der Waals surface area contributed by atoms with Crippen LogP contribution in [0.4, 0.5) is 0 Å². The maximum Gasteiger partial charge on any atom is 0.293 e. The summed E-state index contributed by atoms with van der Waals surface area (Å²) < 4.78 is 0. The molecular formula is C8H14N6O. The fourth-order valence-corrected chi connectivity index (χ4v) is 2.00. The molecular weight excluding hydrogens is 196 g/mol. The minimum atomic E-state index is -0.283. The van der Waals surface area contributed by atoms with Gasteiger partial charge in [0.2, 0.25) is 0 Å². The van der Waals surface area contributed by atoms with Gasteiger partial charge in [0.15, 0.2) is 0 Å². The van der Waals surface area contributed by atoms with Crippen molar-refractivity contribution in [1.29, 1.82) is 0 Å². The van der Waals surface area contributed by atoms with Gasteiger partial charge in [0.05, 0.1) is 0 Å². The van der Waals surface area contributed by atoms with Gasteiger partial charge < -0.3 is 11.1 Å². The van der Waals surface area contributed by atoms with Gasteiger partial charge in [-0.3, -0.25) is 4.79 Å². The third-order valence-electron chi connectivity index (χ3n) is 2.83. The van der Waals surface area contributed by atoms with E-state index in [2.05, 4.69) is 25.9 Å². The van der Waals surface area contributed by atoms with E-state index < -0.39 is 0 Å². The average molecular weight is 210 g/mol. The molecule has 15 heavy (non-hydrogen) atoms. The number of aromatic amines is 1. The minimum Gasteiger partial charge on any atom is -0.346 e. The maximum atomic E-state index is 11.6. The van der Waals surface area contributed by atoms with Crippen LogP contribution in [0.3, 0.4) is 0 Å². The Bertz CT molecular complexity index is 324. The third kappa shape index (κ3) is 2.12. The molecule has 1 heterocycles. The highest BCUT2D eigenvalue weighted by Gasteiger charge is 2.28. The Kier molecular flexibility index (Phi) is 2.91. The van der Waals surface area contributed by atoms with Crippen LogP contribution in [0.2, 0.25) is 0 Å². The van der Waals surface area contributed by atoms with Crippen molar-refractivity contribution in [2.75, 3.05) is 6.54 Å². The zero-order valence-electron chi connectivity index (χ0n) is 8.31. The number of hydrogen-bond donors (Lipinski definition) is 3. The quantitative estimate of drug-likeness (QED) is 0.596. The largest absolute Gasteiger partial charge is 0.346 e. The lowest BCUT2D eigenvalue weighted by molar-refractivity contribution is 0.0918. The molecule has 2 atom stereocenters. The number of tetrazole rings is 1. The van der Waals surface area contributed by atoms with Crippen molar-refractivity contribution in [1.82, 2.24) is 25.9 Å². The van der Waals surface area contributed by atoms with Gasteiger partial charge in [0.1, 0.15) is 0 Å². The topological polar surface area (TPSA) is 110 Å². The second kappa shape index (κ2) is 4.35. The second-order valence-corrected chi connectivity index (χ2v) is 3.74. The zero-order chi connectivity index (χ0) is 10.7. The molecule has 0 spiro atoms. The summed E-state index contributed by atoms with van der Waals surface area (Å²) in [4.78, 5) is 11.6. The Morgan fingerprint density at radius 1 is 1.60 bits per heavy atom. The predicted molar refractivity (Wildman–Crippen MR) is 51.8 cm³/mol. The molecule has 1 aliphatic rings. The number of carbonyl (C=O) groups excluding carboxylic acids is 1. The summed E-state index contributed by atoms with van der Waals surface area (Å²) >= 11 is 0. The first-order valence-corrected chi connectivity index (χ1v) is 5.05. The second-order valence-electron chi connectivity index (χ2n) is 3.74. The lowest BCUT2D eigenvalue weighted by atomic mass is 10.0. The molecule has 0 bridgehead atoms. The molecule has 7 nitrogen and oxygen atoms in total. The number of nitrogens with zero attached hydrogens (tertiary/aromatic N) is 3. The summed E-state index contributed by atoms with van der Waals surface area (Å²) in [6.45, 7) is 0.608. The van der Waals surface area contributed by atoms with E-state index in [1.54, 1.807) is 0 Å². The Hall–Kier alpha value is -1.50. The number of nitrogens with two attached hydrogens (primary N) is 1. The predicted octanol–water partition coefficient (Wildman–Crippen LogP) is -0.943. The van der Waals surface area contributed by atoms with Crippen LogP contribution in [0.5, 0.6) is 0 Å². The van der Waals surface area contributed by atoms with Crippen LogP contribution in [0.25, 0.3) is 0 Å². The monoisotopic (exact) mass is 210 g/mol. The van der Waals surface area contributed by atoms with E-state index in [4.69, 9.17) is 5.73 Å². The number of hydrogen-bond acceptors (Lipinski definition) is 5. The van der Waals surface area contributed by atoms with Gasteiger partial charge in [-0.1, -0.05) is 6.42 Å². The normalized spacial score (nSPS) is 25.4. The fraction of sp³-hybridized carbons (Fsp3) is 0.750. The molecule has 1 aromatic rings. The fourth-order valence-electron chi connectivity index (χ4n) is 2.00. The smallest absolute Gasteiger partial charge is 0.293 e. The molecule has 7 heteroatoms. The van der Waals surface area contributed by atoms with E-state index >= 15 is 0 Å². The first-order valence-electron chi connectivity index (χ1n) is 5.05. The van der Waals surface area contributed by atoms with Crippen LogP contribution < -0.4 is 11.1 Å². The van der Waals surface area contributed by atoms with Crippen LogP contribution >= 0.6 is 0 Å². The first kappa shape index (κ1) is 10.0. The highest BCUT2D eigenvalue weighted by Crippen LogP contribution is 2.24. The Balaban J connectivity index is 1.94. The molecule has 0 aromatic carbocycles. The van der Waals surface area contributed by atoms with Crippen LogP contribution in [-0.4, -0.2) is 39.1 Å². The van der Waals surface area contributed by atoms with Crippen molar-refractivity contribution in [2.45, 2.75) is 25.3 Å². The van der Waals surface area contributed by atoms with Crippen LogP contribution in [0, 0.1) is 5.92 Å². The molecule has 0 aliphatic heterocycles. The molecule has 1 aliphatic carbocycles. The first-order chi connectivity index (χ1) is 7.31. The van der Waals surface area contributed by atoms with E-state index in [0.29, 0.717) is 12.5 Å². The average Bonchev–Trinajstić information content (AvgIpc) is 2.87. The van der Waals surface area contributed by atoms with Gasteiger partial charge in [-0.2, -0.15) is 5.21 Å². The van der Waals surface area contributed by atoms with E-state index in [1.165, 1.54) is 0 Å². The molecule has 0 saturated heterocycles. The van der Waals surface area contributed by atoms with Gasteiger partial charge >= 0.3 is 0 Å². The summed E-state index contributed by atoms with van der Waals surface area (Å²) in [5.41, 5.74) is 5.62. The Labute approximate surface area is 86.8 Å². The van der Waals surface area contributed by atoms with Crippen LogP contribution in [-0.2, 0) is 0 Å². The number of H-pyrrole nitrogens is 1. The molecule has 2 rings (SSSR count). The molecule has 82 valence electrons. The van der Waals surface area contributed by atoms with Crippen molar-refractivity contribution in [3.63, 3.8) is 0 Å². The third-order valence-corrected chi connectivity index (χ3v) is 2.83. The standard InChI is InChI=1S/C8H14N6O/c9-4-5-2-1-3-6(5)10-8(15)7-11-13-14-12-7/h5-6H,1-4,9H2,(H,10,15)(H,11,12,13,14). The lowest BCUT2D eigenvalue weighted by Gasteiger charge is -2.18. The number of amides is 1. The Morgan fingerprint density at radius 2 is 2.47 bits per heavy atom. The number of carbonyl (C=O) groups is 1. The molecule has 1 aromatic heterocycles. The summed E-state index contributed by atoms with van der Waals surface area (Å²) in [7, 11) is 0. The van der Waals surface area contributed by atoms with Crippen molar-refractivity contribution < 1.29 is 4.79 Å². The molecule has 1 saturated carbocycles. The van der Waals surface area contributed by atoms with Crippen molar-refractivity contribution in [3.8, 4) is 0 Å². The van der Waals surface area contributed by atoms with E-state index in [-0.39, 0.29) is 17.8 Å². The van der Waals surface area contributed by atoms with Crippen LogP contribution in [0.1, 0.15) is 29.9 Å². The van der Waals surface area contributed by atoms with Gasteiger partial charge in [-0.15, -0.1) is 10.2 Å². The lowest BCUT2D eigenvalue weighted by Crippen LogP contribution is -2.40. The van der Waals surface area contributed by atoms with E-state index in [1.807, 2.05) is 0 Å². The summed E-state index contributed by atoms with van der Waals surface area (Å²) in [6, 6.07) is 0.154. The van der Waals surface area contributed by atoms with Gasteiger partial charge in [-0.25, -0.2) is 0 Å². The highest BCUT2D eigenvalue weighted by molar-refractivity contribution is 5.90. The van der Waals surface area contributed by atoms with Gasteiger partial charge in [0, 0.05) is 6.04 Å². The highest BCUT2D eigenvalue weighted by atomic mass is 16.2. The summed E-state index contributed by atoms with van der Waals surface area (Å²) in [5.74, 6) is 0.174. The van der Waals surface area contributed by atoms with E-state index in [0.717, 1.165) is 19.3 Å². The number of aromatic nitrogens is 4. The van der Waals surface area contributed by atoms with E-state index in [9.17, 15) is 4.79 Å². The molecule has 1 fully saturated rings. The van der Waals surface area contributed by atoms with Crippen molar-refractivity contribution in [3.05, 3.63) is 5.82 Å². The summed E-state index contributed by atoms with van der Waals surface area (Å²) in [6.07, 6.45) is 3.16. The van der Waals surface area contributed by atoms with Crippen molar-refractivity contribution >= 4 is 5.91 Å². The van der Waals surface area contributed by atoms with Gasteiger partial charge in [0.25, 0.3) is 11.7 Å². The SMILES string of the molecule is NCC1CCCC1NC(=O)c1nn[nH]n1. The Morgan fingerprint density at radius 3 is 3.13 bits per heavy atom. The van der Waals surface area contributed by atoms with Crippen LogP contribution in [0.15, 0.2) is 0 Å². The molecule has 0 radical (unpaired) electrons. The molecule has 2 unspecified atom stereocenters. The van der Waals surface area contributed by atoms with Gasteiger partial charge in [-0.05, 0) is 30.5 Å². The maximum absolute atomic E-state index is 11.6. The number of nitrogens with one attached hydrogen (secondary N) is 2. The zero-order valence-corrected chi connectivity index (χ0v) is 8.31. The molecule has 4 N–H and O–H groups in total. The number of rotatable bonds is 3. The van der Waals surface area contributed by atoms with Crippen molar-refractivity contribution in [2.24, 2.45) is 11.7 Å².